The van der Waals surface area contributed by atoms with Crippen LogP contribution in [0.25, 0.3) is 21.3 Å². The fraction of sp³-hybridized carbons (Fsp3) is 0.346. The topological polar surface area (TPSA) is 78.4 Å². The molecule has 8 heteroatoms. The van der Waals surface area contributed by atoms with Crippen molar-refractivity contribution < 1.29 is 14.2 Å². The van der Waals surface area contributed by atoms with Crippen molar-refractivity contribution in [3.05, 3.63) is 48.4 Å². The Hall–Kier alpha value is -3.39. The van der Waals surface area contributed by atoms with Crippen LogP contribution in [-0.4, -0.2) is 35.3 Å². The Kier molecular flexibility index (Phi) is 7.80. The molecule has 0 radical (unpaired) electrons. The molecule has 0 aliphatic rings. The van der Waals surface area contributed by atoms with Gasteiger partial charge in [0.2, 0.25) is 0 Å². The number of thiazole rings is 1. The standard InChI is InChI=1S/C26H30N4O3S/c1-5-7-18(8-6-2)33-24-12-19-20(13-23(24)32-4)28-15-29-26(19)30-21-11-17(9-10-22(21)31-3)25-14-27-16-34-25/h9-16,18H,5-8H2,1-4H3,(H,28,29,30). The van der Waals surface area contributed by atoms with E-state index < -0.39 is 0 Å². The van der Waals surface area contributed by atoms with Gasteiger partial charge in [-0.3, -0.25) is 4.98 Å². The second kappa shape index (κ2) is 11.2. The second-order valence-corrected chi connectivity index (χ2v) is 8.85. The molecule has 34 heavy (non-hydrogen) atoms. The average molecular weight is 479 g/mol. The van der Waals surface area contributed by atoms with Gasteiger partial charge in [0, 0.05) is 17.6 Å². The maximum atomic E-state index is 6.41. The zero-order valence-electron chi connectivity index (χ0n) is 20.0. The van der Waals surface area contributed by atoms with E-state index in [4.69, 9.17) is 14.2 Å². The Morgan fingerprint density at radius 3 is 2.41 bits per heavy atom. The van der Waals surface area contributed by atoms with Crippen molar-refractivity contribution in [3.8, 4) is 27.7 Å². The lowest BCUT2D eigenvalue weighted by molar-refractivity contribution is 0.172. The van der Waals surface area contributed by atoms with Gasteiger partial charge < -0.3 is 19.5 Å². The van der Waals surface area contributed by atoms with Crippen LogP contribution >= 0.6 is 11.3 Å². The van der Waals surface area contributed by atoms with Gasteiger partial charge >= 0.3 is 0 Å². The predicted molar refractivity (Wildman–Crippen MR) is 138 cm³/mol. The molecule has 0 bridgehead atoms. The third-order valence-corrected chi connectivity index (χ3v) is 6.43. The van der Waals surface area contributed by atoms with Crippen molar-refractivity contribution in [2.24, 2.45) is 0 Å². The predicted octanol–water partition coefficient (Wildman–Crippen LogP) is 6.86. The van der Waals surface area contributed by atoms with Gasteiger partial charge in [0.1, 0.15) is 17.9 Å². The molecule has 0 fully saturated rings. The van der Waals surface area contributed by atoms with Gasteiger partial charge in [-0.2, -0.15) is 0 Å². The highest BCUT2D eigenvalue weighted by molar-refractivity contribution is 7.13. The maximum Gasteiger partial charge on any atom is 0.162 e. The Bertz CT molecular complexity index is 1220. The van der Waals surface area contributed by atoms with E-state index in [-0.39, 0.29) is 6.10 Å². The summed E-state index contributed by atoms with van der Waals surface area (Å²) in [7, 11) is 3.31. The van der Waals surface area contributed by atoms with Crippen molar-refractivity contribution in [2.45, 2.75) is 45.6 Å². The number of ether oxygens (including phenoxy) is 3. The van der Waals surface area contributed by atoms with Crippen LogP contribution in [0.4, 0.5) is 11.5 Å². The van der Waals surface area contributed by atoms with E-state index in [0.717, 1.165) is 58.5 Å². The molecule has 178 valence electrons. The highest BCUT2D eigenvalue weighted by Gasteiger charge is 2.17. The molecular weight excluding hydrogens is 448 g/mol. The number of benzene rings is 2. The Balaban J connectivity index is 1.74. The third kappa shape index (κ3) is 5.22. The Labute approximate surface area is 204 Å². The minimum absolute atomic E-state index is 0.138. The van der Waals surface area contributed by atoms with E-state index in [1.54, 1.807) is 31.9 Å². The fourth-order valence-corrected chi connectivity index (χ4v) is 4.57. The summed E-state index contributed by atoms with van der Waals surface area (Å²) in [5.74, 6) is 2.75. The molecule has 0 saturated heterocycles. The zero-order valence-corrected chi connectivity index (χ0v) is 20.8. The highest BCUT2D eigenvalue weighted by Crippen LogP contribution is 2.38. The lowest BCUT2D eigenvalue weighted by Gasteiger charge is -2.20. The molecule has 0 spiro atoms. The second-order valence-electron chi connectivity index (χ2n) is 7.97. The summed E-state index contributed by atoms with van der Waals surface area (Å²) in [4.78, 5) is 14.3. The molecule has 2 aromatic heterocycles. The molecule has 0 unspecified atom stereocenters. The fourth-order valence-electron chi connectivity index (χ4n) is 3.95. The number of hydrogen-bond acceptors (Lipinski definition) is 8. The number of rotatable bonds is 11. The number of nitrogens with zero attached hydrogens (tertiary/aromatic N) is 3. The highest BCUT2D eigenvalue weighted by atomic mass is 32.1. The van der Waals surface area contributed by atoms with E-state index in [9.17, 15) is 0 Å². The number of hydrogen-bond donors (Lipinski definition) is 1. The SMILES string of the molecule is CCCC(CCC)Oc1cc2c(Nc3cc(-c4cncs4)ccc3OC)ncnc2cc1OC. The molecule has 7 nitrogen and oxygen atoms in total. The average Bonchev–Trinajstić information content (AvgIpc) is 3.39. The summed E-state index contributed by atoms with van der Waals surface area (Å²) in [6.45, 7) is 4.35. The summed E-state index contributed by atoms with van der Waals surface area (Å²) in [5, 5.41) is 4.29. The minimum atomic E-state index is 0.138. The van der Waals surface area contributed by atoms with Crippen LogP contribution < -0.4 is 19.5 Å². The summed E-state index contributed by atoms with van der Waals surface area (Å²) in [5.41, 5.74) is 4.45. The van der Waals surface area contributed by atoms with E-state index in [2.05, 4.69) is 34.1 Å². The van der Waals surface area contributed by atoms with E-state index >= 15 is 0 Å². The maximum absolute atomic E-state index is 6.41. The van der Waals surface area contributed by atoms with Crippen molar-refractivity contribution in [2.75, 3.05) is 19.5 Å². The van der Waals surface area contributed by atoms with Crippen LogP contribution in [0.2, 0.25) is 0 Å². The van der Waals surface area contributed by atoms with Crippen LogP contribution in [0.5, 0.6) is 17.2 Å². The molecule has 0 amide bonds. The summed E-state index contributed by atoms with van der Waals surface area (Å²) in [6.07, 6.45) is 7.65. The van der Waals surface area contributed by atoms with Crippen LogP contribution in [-0.2, 0) is 0 Å². The van der Waals surface area contributed by atoms with Gasteiger partial charge in [-0.1, -0.05) is 26.7 Å². The molecule has 0 atom stereocenters. The number of nitrogens with one attached hydrogen (secondary N) is 1. The Morgan fingerprint density at radius 2 is 1.74 bits per heavy atom. The minimum Gasteiger partial charge on any atom is -0.495 e. The van der Waals surface area contributed by atoms with Crippen molar-refractivity contribution in [1.29, 1.82) is 0 Å². The van der Waals surface area contributed by atoms with Crippen molar-refractivity contribution in [3.63, 3.8) is 0 Å². The summed E-state index contributed by atoms with van der Waals surface area (Å²) in [6, 6.07) is 9.87. The molecule has 1 N–H and O–H groups in total. The number of fused-ring (bicyclic) bond motifs is 1. The molecule has 4 rings (SSSR count). The first-order chi connectivity index (χ1) is 16.7. The molecule has 0 aliphatic heterocycles. The largest absolute Gasteiger partial charge is 0.495 e. The van der Waals surface area contributed by atoms with Crippen molar-refractivity contribution >= 4 is 33.7 Å². The van der Waals surface area contributed by atoms with Crippen LogP contribution in [0.3, 0.4) is 0 Å². The summed E-state index contributed by atoms with van der Waals surface area (Å²) >= 11 is 1.59. The Morgan fingerprint density at radius 1 is 0.941 bits per heavy atom. The lowest BCUT2D eigenvalue weighted by Crippen LogP contribution is -2.16. The van der Waals surface area contributed by atoms with Crippen LogP contribution in [0.15, 0.2) is 48.4 Å². The van der Waals surface area contributed by atoms with Gasteiger partial charge in [-0.05, 0) is 42.7 Å². The summed E-state index contributed by atoms with van der Waals surface area (Å²) < 4.78 is 17.6. The van der Waals surface area contributed by atoms with Gasteiger partial charge in [0.15, 0.2) is 11.5 Å². The number of aromatic nitrogens is 3. The number of methoxy groups -OCH3 is 2. The quantitative estimate of drug-likeness (QED) is 0.252. The van der Waals surface area contributed by atoms with Gasteiger partial charge in [0.25, 0.3) is 0 Å². The monoisotopic (exact) mass is 478 g/mol. The van der Waals surface area contributed by atoms with Gasteiger partial charge in [-0.15, -0.1) is 11.3 Å². The molecular formula is C26H30N4O3S. The number of anilines is 2. The zero-order chi connectivity index (χ0) is 23.9. The molecule has 0 aliphatic carbocycles. The first-order valence-electron chi connectivity index (χ1n) is 11.5. The first-order valence-corrected chi connectivity index (χ1v) is 12.4. The van der Waals surface area contributed by atoms with E-state index in [1.165, 1.54) is 0 Å². The lowest BCUT2D eigenvalue weighted by atomic mass is 10.1. The van der Waals surface area contributed by atoms with E-state index in [1.807, 2.05) is 42.0 Å². The van der Waals surface area contributed by atoms with E-state index in [0.29, 0.717) is 17.3 Å². The molecule has 4 aromatic rings. The van der Waals surface area contributed by atoms with Crippen LogP contribution in [0.1, 0.15) is 39.5 Å². The van der Waals surface area contributed by atoms with Gasteiger partial charge in [-0.25, -0.2) is 9.97 Å². The van der Waals surface area contributed by atoms with Gasteiger partial charge in [0.05, 0.1) is 41.9 Å². The molecule has 2 heterocycles. The smallest absolute Gasteiger partial charge is 0.162 e. The molecule has 2 aromatic carbocycles. The normalized spacial score (nSPS) is 11.1. The van der Waals surface area contributed by atoms with Crippen LogP contribution in [0, 0.1) is 0 Å². The first kappa shape index (κ1) is 23.8. The van der Waals surface area contributed by atoms with Crippen molar-refractivity contribution in [1.82, 2.24) is 15.0 Å². The third-order valence-electron chi connectivity index (χ3n) is 5.61. The molecule has 0 saturated carbocycles.